The molecule has 1 aliphatic rings. The highest BCUT2D eigenvalue weighted by Crippen LogP contribution is 2.41. The second-order valence-electron chi connectivity index (χ2n) is 4.63. The summed E-state index contributed by atoms with van der Waals surface area (Å²) >= 11 is 0. The average molecular weight is 381 g/mol. The number of carbonyl (C=O) groups is 1. The second kappa shape index (κ2) is 7.64. The van der Waals surface area contributed by atoms with E-state index in [2.05, 4.69) is 14.4 Å². The number of rotatable bonds is 6. The smallest absolute Gasteiger partial charge is 0.388 e. The van der Waals surface area contributed by atoms with Crippen LogP contribution >= 0.6 is 15.6 Å². The van der Waals surface area contributed by atoms with Gasteiger partial charge in [0.25, 0.3) is 0 Å². The molecule has 1 fully saturated rings. The van der Waals surface area contributed by atoms with Crippen LogP contribution in [0.2, 0.25) is 0 Å². The van der Waals surface area contributed by atoms with Gasteiger partial charge in [-0.15, -0.1) is 0 Å². The van der Waals surface area contributed by atoms with Crippen LogP contribution in [0.3, 0.4) is 0 Å². The summed E-state index contributed by atoms with van der Waals surface area (Å²) in [6.07, 6.45) is -7.08. The normalized spacial score (nSPS) is 32.6. The third kappa shape index (κ3) is 6.91. The summed E-state index contributed by atoms with van der Waals surface area (Å²) in [6, 6.07) is -1.54. The summed E-state index contributed by atoms with van der Waals surface area (Å²) < 4.78 is 34.9. The molecule has 0 aromatic rings. The fourth-order valence-corrected chi connectivity index (χ4v) is 2.65. The number of nitrogens with one attached hydrogen (secondary N) is 1. The molecule has 0 aromatic heterocycles. The van der Waals surface area contributed by atoms with Crippen LogP contribution in [0.15, 0.2) is 0 Å². The lowest BCUT2D eigenvalue weighted by Gasteiger charge is -2.42. The van der Waals surface area contributed by atoms with Crippen molar-refractivity contribution in [2.75, 3.05) is 6.61 Å². The van der Waals surface area contributed by atoms with Gasteiger partial charge in [-0.05, 0) is 0 Å². The molecule has 7 N–H and O–H groups in total. The van der Waals surface area contributed by atoms with E-state index in [4.69, 9.17) is 24.3 Å². The molecule has 13 nitrogen and oxygen atoms in total. The molecule has 23 heavy (non-hydrogen) atoms. The van der Waals surface area contributed by atoms with Crippen LogP contribution in [-0.2, 0) is 27.7 Å². The first kappa shape index (κ1) is 20.6. The Morgan fingerprint density at radius 3 is 2.13 bits per heavy atom. The first-order valence-electron chi connectivity index (χ1n) is 6.03. The highest BCUT2D eigenvalue weighted by molar-refractivity contribution is 7.46. The van der Waals surface area contributed by atoms with Gasteiger partial charge in [0.15, 0.2) is 6.29 Å². The molecular weight excluding hydrogens is 364 g/mol. The number of aliphatic hydroxyl groups is 2. The first-order chi connectivity index (χ1) is 10.3. The molecule has 1 saturated heterocycles. The second-order valence-corrected chi connectivity index (χ2v) is 7.06. The van der Waals surface area contributed by atoms with E-state index in [0.29, 0.717) is 0 Å². The van der Waals surface area contributed by atoms with Crippen LogP contribution in [0.5, 0.6) is 0 Å². The maximum atomic E-state index is 11.1. The molecule has 0 aliphatic carbocycles. The van der Waals surface area contributed by atoms with Crippen molar-refractivity contribution in [3.63, 3.8) is 0 Å². The van der Waals surface area contributed by atoms with Crippen molar-refractivity contribution < 1.29 is 57.5 Å². The lowest BCUT2D eigenvalue weighted by atomic mass is 9.97. The van der Waals surface area contributed by atoms with E-state index in [1.54, 1.807) is 0 Å². The molecule has 1 unspecified atom stereocenters. The molecule has 0 spiro atoms. The number of carbonyl (C=O) groups excluding carboxylic acids is 1. The lowest BCUT2D eigenvalue weighted by Crippen LogP contribution is -2.64. The monoisotopic (exact) mass is 381 g/mol. The van der Waals surface area contributed by atoms with Gasteiger partial charge >= 0.3 is 15.6 Å². The minimum absolute atomic E-state index is 0.714. The summed E-state index contributed by atoms with van der Waals surface area (Å²) in [4.78, 5) is 45.9. The van der Waals surface area contributed by atoms with Crippen molar-refractivity contribution in [3.8, 4) is 0 Å². The molecule has 5 atom stereocenters. The van der Waals surface area contributed by atoms with E-state index in [9.17, 15) is 24.1 Å². The van der Waals surface area contributed by atoms with Crippen LogP contribution in [0.4, 0.5) is 0 Å². The molecule has 1 rings (SSSR count). The molecule has 15 heteroatoms. The third-order valence-corrected chi connectivity index (χ3v) is 3.69. The Hall–Kier alpha value is -0.430. The zero-order valence-electron chi connectivity index (χ0n) is 11.6. The van der Waals surface area contributed by atoms with Crippen molar-refractivity contribution in [1.82, 2.24) is 5.32 Å². The van der Waals surface area contributed by atoms with Crippen LogP contribution in [0.1, 0.15) is 6.92 Å². The molecule has 136 valence electrons. The highest BCUT2D eigenvalue weighted by Gasteiger charge is 2.48. The van der Waals surface area contributed by atoms with Gasteiger partial charge in [0, 0.05) is 6.92 Å². The van der Waals surface area contributed by atoms with Crippen molar-refractivity contribution >= 4 is 21.6 Å². The van der Waals surface area contributed by atoms with E-state index in [1.807, 2.05) is 0 Å². The summed E-state index contributed by atoms with van der Waals surface area (Å²) in [5.41, 5.74) is 0. The quantitative estimate of drug-likeness (QED) is 0.232. The Labute approximate surface area is 129 Å². The number of amides is 1. The SMILES string of the molecule is CC(=O)N[C@H]1C(OP(=O)(O)O)O[C@H](COP(=O)(O)O)[C@@H](O)[C@@H]1O. The summed E-state index contributed by atoms with van der Waals surface area (Å²) in [5, 5.41) is 21.8. The fourth-order valence-electron chi connectivity index (χ4n) is 1.85. The van der Waals surface area contributed by atoms with E-state index in [0.717, 1.165) is 6.92 Å². The lowest BCUT2D eigenvalue weighted by molar-refractivity contribution is -0.247. The van der Waals surface area contributed by atoms with Gasteiger partial charge in [-0.3, -0.25) is 13.8 Å². The van der Waals surface area contributed by atoms with E-state index in [-0.39, 0.29) is 0 Å². The maximum Gasteiger partial charge on any atom is 0.472 e. The van der Waals surface area contributed by atoms with E-state index >= 15 is 0 Å². The maximum absolute atomic E-state index is 11.1. The number of aliphatic hydroxyl groups excluding tert-OH is 2. The minimum Gasteiger partial charge on any atom is -0.388 e. The van der Waals surface area contributed by atoms with Gasteiger partial charge in [-0.25, -0.2) is 9.13 Å². The third-order valence-electron chi connectivity index (χ3n) is 2.72. The van der Waals surface area contributed by atoms with Crippen molar-refractivity contribution in [2.45, 2.75) is 37.6 Å². The highest BCUT2D eigenvalue weighted by atomic mass is 31.2. The van der Waals surface area contributed by atoms with Crippen molar-refractivity contribution in [1.29, 1.82) is 0 Å². The number of ether oxygens (including phenoxy) is 1. The molecule has 1 aliphatic heterocycles. The minimum atomic E-state index is -5.10. The Morgan fingerprint density at radius 1 is 1.13 bits per heavy atom. The Morgan fingerprint density at radius 2 is 1.70 bits per heavy atom. The Bertz CT molecular complexity index is 515. The van der Waals surface area contributed by atoms with Crippen molar-refractivity contribution in [3.05, 3.63) is 0 Å². The zero-order chi connectivity index (χ0) is 18.0. The Kier molecular flexibility index (Phi) is 6.84. The zero-order valence-corrected chi connectivity index (χ0v) is 13.4. The largest absolute Gasteiger partial charge is 0.472 e. The van der Waals surface area contributed by atoms with Crippen LogP contribution in [0.25, 0.3) is 0 Å². The standard InChI is InChI=1S/C8H17NO12P2/c1-3(10)9-5-7(12)6(11)4(2-19-22(13,14)15)20-8(5)21-23(16,17)18/h4-8,11-12H,2H2,1H3,(H,9,10)(H2,13,14,15)(H2,16,17,18)/t4-,5-,6-,7-,8?/m1/s1. The number of hydrogen-bond donors (Lipinski definition) is 7. The van der Waals surface area contributed by atoms with Gasteiger partial charge < -0.3 is 39.8 Å². The topological polar surface area (TPSA) is 212 Å². The van der Waals surface area contributed by atoms with Gasteiger partial charge in [0.1, 0.15) is 24.4 Å². The summed E-state index contributed by atoms with van der Waals surface area (Å²) in [5.74, 6) is -0.714. The predicted octanol–water partition coefficient (Wildman–Crippen LogP) is -2.84. The van der Waals surface area contributed by atoms with Gasteiger partial charge in [0.05, 0.1) is 6.61 Å². The first-order valence-corrected chi connectivity index (χ1v) is 9.09. The predicted molar refractivity (Wildman–Crippen MR) is 69.4 cm³/mol. The van der Waals surface area contributed by atoms with Crippen LogP contribution in [0, 0.1) is 0 Å². The van der Waals surface area contributed by atoms with Crippen LogP contribution in [-0.4, -0.2) is 72.9 Å². The number of phosphoric ester groups is 2. The van der Waals surface area contributed by atoms with Gasteiger partial charge in [0.2, 0.25) is 5.91 Å². The molecule has 0 bridgehead atoms. The van der Waals surface area contributed by atoms with Crippen molar-refractivity contribution in [2.24, 2.45) is 0 Å². The molecule has 1 heterocycles. The van der Waals surface area contributed by atoms with E-state index in [1.165, 1.54) is 0 Å². The Balaban J connectivity index is 2.93. The van der Waals surface area contributed by atoms with Crippen LogP contribution < -0.4 is 5.32 Å². The molecular formula is C8H17NO12P2. The molecule has 1 amide bonds. The van der Waals surface area contributed by atoms with E-state index < -0.39 is 58.8 Å². The molecule has 0 saturated carbocycles. The van der Waals surface area contributed by atoms with Gasteiger partial charge in [-0.1, -0.05) is 0 Å². The average Bonchev–Trinajstić information content (AvgIpc) is 2.33. The summed E-state index contributed by atoms with van der Waals surface area (Å²) in [6.45, 7) is 0.132. The number of hydrogen-bond acceptors (Lipinski definition) is 8. The number of phosphoric acid groups is 2. The van der Waals surface area contributed by atoms with Gasteiger partial charge in [-0.2, -0.15) is 0 Å². The fraction of sp³-hybridized carbons (Fsp3) is 0.875. The summed E-state index contributed by atoms with van der Waals surface area (Å²) in [7, 11) is -10.0. The molecule has 0 aromatic carbocycles. The molecule has 0 radical (unpaired) electrons.